The monoisotopic (exact) mass is 272 g/mol. The van der Waals surface area contributed by atoms with Crippen molar-refractivity contribution in [3.63, 3.8) is 0 Å². The van der Waals surface area contributed by atoms with Crippen LogP contribution in [0.2, 0.25) is 0 Å². The van der Waals surface area contributed by atoms with Gasteiger partial charge in [0.25, 0.3) is 5.79 Å². The van der Waals surface area contributed by atoms with Crippen LogP contribution in [0.1, 0.15) is 33.1 Å². The van der Waals surface area contributed by atoms with E-state index in [1.54, 1.807) is 0 Å². The SMILES string of the molecule is CC1(C)OC(=O)C(=C(CCCCO)C(=O)O)C(=O)O1. The van der Waals surface area contributed by atoms with Crippen LogP contribution in [0.3, 0.4) is 0 Å². The number of carboxylic acid groups (broad SMARTS) is 1. The van der Waals surface area contributed by atoms with Gasteiger partial charge in [0.2, 0.25) is 0 Å². The molecule has 0 aliphatic carbocycles. The number of ether oxygens (including phenoxy) is 2. The van der Waals surface area contributed by atoms with Crippen LogP contribution in [0, 0.1) is 0 Å². The molecule has 7 heteroatoms. The number of aliphatic hydroxyl groups excluding tert-OH is 1. The summed E-state index contributed by atoms with van der Waals surface area (Å²) in [5.41, 5.74) is -0.927. The molecular weight excluding hydrogens is 256 g/mol. The van der Waals surface area contributed by atoms with Gasteiger partial charge in [-0.1, -0.05) is 0 Å². The molecule has 1 rings (SSSR count). The van der Waals surface area contributed by atoms with E-state index in [0.29, 0.717) is 12.8 Å². The van der Waals surface area contributed by atoms with E-state index in [4.69, 9.17) is 19.7 Å². The summed E-state index contributed by atoms with van der Waals surface area (Å²) in [7, 11) is 0. The van der Waals surface area contributed by atoms with Crippen molar-refractivity contribution in [2.45, 2.75) is 38.9 Å². The fourth-order valence-electron chi connectivity index (χ4n) is 1.65. The summed E-state index contributed by atoms with van der Waals surface area (Å²) in [6.45, 7) is 2.67. The van der Waals surface area contributed by atoms with Crippen LogP contribution in [0.5, 0.6) is 0 Å². The normalized spacial score (nSPS) is 17.7. The van der Waals surface area contributed by atoms with Crippen molar-refractivity contribution in [1.29, 1.82) is 0 Å². The van der Waals surface area contributed by atoms with E-state index >= 15 is 0 Å². The Bertz CT molecular complexity index is 411. The van der Waals surface area contributed by atoms with Crippen molar-refractivity contribution in [3.8, 4) is 0 Å². The third kappa shape index (κ3) is 3.78. The van der Waals surface area contributed by atoms with Gasteiger partial charge in [0, 0.05) is 20.5 Å². The van der Waals surface area contributed by atoms with Crippen molar-refractivity contribution in [1.82, 2.24) is 0 Å². The first-order valence-electron chi connectivity index (χ1n) is 5.82. The van der Waals surface area contributed by atoms with Gasteiger partial charge >= 0.3 is 17.9 Å². The zero-order valence-electron chi connectivity index (χ0n) is 10.8. The number of esters is 2. The number of carbonyl (C=O) groups is 3. The Morgan fingerprint density at radius 2 is 1.68 bits per heavy atom. The van der Waals surface area contributed by atoms with Crippen LogP contribution in [0.4, 0.5) is 0 Å². The highest BCUT2D eigenvalue weighted by Gasteiger charge is 2.41. The zero-order chi connectivity index (χ0) is 14.6. The largest absolute Gasteiger partial charge is 0.478 e. The van der Waals surface area contributed by atoms with Crippen LogP contribution in [0.15, 0.2) is 11.1 Å². The number of unbranched alkanes of at least 4 members (excludes halogenated alkanes) is 1. The number of rotatable bonds is 5. The molecule has 1 aliphatic heterocycles. The third-order valence-corrected chi connectivity index (χ3v) is 2.48. The van der Waals surface area contributed by atoms with Crippen LogP contribution in [0.25, 0.3) is 0 Å². The summed E-state index contributed by atoms with van der Waals surface area (Å²) in [5.74, 6) is -4.77. The Balaban J connectivity index is 3.04. The number of carbonyl (C=O) groups excluding carboxylic acids is 2. The maximum atomic E-state index is 11.7. The number of aliphatic carboxylic acids is 1. The fraction of sp³-hybridized carbons (Fsp3) is 0.583. The van der Waals surface area contributed by atoms with E-state index in [1.807, 2.05) is 0 Å². The lowest BCUT2D eigenvalue weighted by Crippen LogP contribution is -2.42. The number of aliphatic hydroxyl groups is 1. The minimum Gasteiger partial charge on any atom is -0.478 e. The lowest BCUT2D eigenvalue weighted by Gasteiger charge is -2.30. The summed E-state index contributed by atoms with van der Waals surface area (Å²) >= 11 is 0. The van der Waals surface area contributed by atoms with Gasteiger partial charge in [-0.3, -0.25) is 0 Å². The molecule has 0 unspecified atom stereocenters. The molecule has 0 aromatic heterocycles. The van der Waals surface area contributed by atoms with Crippen molar-refractivity contribution in [2.24, 2.45) is 0 Å². The van der Waals surface area contributed by atoms with E-state index < -0.39 is 29.3 Å². The van der Waals surface area contributed by atoms with Crippen molar-refractivity contribution >= 4 is 17.9 Å². The average Bonchev–Trinajstić information content (AvgIpc) is 2.24. The summed E-state index contributed by atoms with van der Waals surface area (Å²) in [6.07, 6.45) is 0.696. The molecule has 1 aliphatic rings. The molecule has 1 saturated heterocycles. The molecule has 7 nitrogen and oxygen atoms in total. The molecule has 0 saturated carbocycles. The van der Waals surface area contributed by atoms with Crippen LogP contribution < -0.4 is 0 Å². The molecule has 0 atom stereocenters. The summed E-state index contributed by atoms with van der Waals surface area (Å²) in [4.78, 5) is 34.5. The van der Waals surface area contributed by atoms with E-state index in [9.17, 15) is 14.4 Å². The number of carboxylic acids is 1. The number of hydrogen-bond donors (Lipinski definition) is 2. The molecular formula is C12H16O7. The standard InChI is InChI=1S/C12H16O7/c1-12(2)18-10(16)8(11(17)19-12)7(9(14)15)5-3-4-6-13/h13H,3-6H2,1-2H3,(H,14,15). The van der Waals surface area contributed by atoms with Crippen LogP contribution >= 0.6 is 0 Å². The molecule has 1 heterocycles. The first-order valence-corrected chi connectivity index (χ1v) is 5.82. The van der Waals surface area contributed by atoms with E-state index in [1.165, 1.54) is 13.8 Å². The first kappa shape index (κ1) is 15.2. The molecule has 0 bridgehead atoms. The molecule has 19 heavy (non-hydrogen) atoms. The zero-order valence-corrected chi connectivity index (χ0v) is 10.8. The van der Waals surface area contributed by atoms with Crippen molar-refractivity contribution in [3.05, 3.63) is 11.1 Å². The molecule has 0 aromatic rings. The van der Waals surface area contributed by atoms with Gasteiger partial charge < -0.3 is 19.7 Å². The van der Waals surface area contributed by atoms with E-state index in [-0.39, 0.29) is 18.6 Å². The number of cyclic esters (lactones) is 2. The minimum absolute atomic E-state index is 0.0180. The van der Waals surface area contributed by atoms with Gasteiger partial charge in [0.15, 0.2) is 5.57 Å². The van der Waals surface area contributed by atoms with E-state index in [0.717, 1.165) is 0 Å². The molecule has 0 spiro atoms. The van der Waals surface area contributed by atoms with Crippen LogP contribution in [-0.4, -0.2) is 40.5 Å². The smallest absolute Gasteiger partial charge is 0.349 e. The van der Waals surface area contributed by atoms with Crippen LogP contribution in [-0.2, 0) is 23.9 Å². The Labute approximate surface area is 109 Å². The van der Waals surface area contributed by atoms with Gasteiger partial charge in [0.1, 0.15) is 0 Å². The molecule has 0 radical (unpaired) electrons. The predicted octanol–water partition coefficient (Wildman–Crippen LogP) is 0.366. The Kier molecular flexibility index (Phi) is 4.66. The maximum absolute atomic E-state index is 11.7. The van der Waals surface area contributed by atoms with Crippen molar-refractivity contribution < 1.29 is 34.1 Å². The lowest BCUT2D eigenvalue weighted by atomic mass is 10.0. The molecule has 2 N–H and O–H groups in total. The van der Waals surface area contributed by atoms with Gasteiger partial charge in [-0.2, -0.15) is 0 Å². The second-order valence-electron chi connectivity index (χ2n) is 4.52. The summed E-state index contributed by atoms with van der Waals surface area (Å²) in [5, 5.41) is 17.7. The Hall–Kier alpha value is -1.89. The van der Waals surface area contributed by atoms with Gasteiger partial charge in [-0.05, 0) is 19.3 Å². The van der Waals surface area contributed by atoms with Gasteiger partial charge in [0.05, 0.1) is 5.57 Å². The Morgan fingerprint density at radius 3 is 2.11 bits per heavy atom. The second kappa shape index (κ2) is 5.83. The highest BCUT2D eigenvalue weighted by Crippen LogP contribution is 2.26. The minimum atomic E-state index is -1.40. The second-order valence-corrected chi connectivity index (χ2v) is 4.52. The first-order chi connectivity index (χ1) is 8.78. The quantitative estimate of drug-likeness (QED) is 0.322. The summed E-state index contributed by atoms with van der Waals surface area (Å²) in [6, 6.07) is 0. The maximum Gasteiger partial charge on any atom is 0.349 e. The highest BCUT2D eigenvalue weighted by molar-refractivity contribution is 6.19. The molecule has 1 fully saturated rings. The summed E-state index contributed by atoms with van der Waals surface area (Å²) < 4.78 is 9.68. The number of hydrogen-bond acceptors (Lipinski definition) is 6. The molecule has 0 amide bonds. The van der Waals surface area contributed by atoms with Gasteiger partial charge in [-0.15, -0.1) is 0 Å². The predicted molar refractivity (Wildman–Crippen MR) is 61.9 cm³/mol. The van der Waals surface area contributed by atoms with Crippen molar-refractivity contribution in [2.75, 3.05) is 6.61 Å². The highest BCUT2D eigenvalue weighted by atomic mass is 16.7. The topological polar surface area (TPSA) is 110 Å². The third-order valence-electron chi connectivity index (χ3n) is 2.48. The Morgan fingerprint density at radius 1 is 1.16 bits per heavy atom. The average molecular weight is 272 g/mol. The molecule has 0 aromatic carbocycles. The molecule has 106 valence electrons. The van der Waals surface area contributed by atoms with E-state index in [2.05, 4.69) is 0 Å². The fourth-order valence-corrected chi connectivity index (χ4v) is 1.65. The lowest BCUT2D eigenvalue weighted by molar-refractivity contribution is -0.222. The van der Waals surface area contributed by atoms with Gasteiger partial charge in [-0.25, -0.2) is 14.4 Å².